The first-order valence-electron chi connectivity index (χ1n) is 10.3. The van der Waals surface area contributed by atoms with Gasteiger partial charge in [0, 0.05) is 16.1 Å². The number of thioether (sulfide) groups is 1. The molecule has 1 fully saturated rings. The molecule has 1 amide bonds. The van der Waals surface area contributed by atoms with Gasteiger partial charge in [0.15, 0.2) is 5.50 Å². The third-order valence-corrected chi connectivity index (χ3v) is 6.26. The number of hydrogen-bond donors (Lipinski definition) is 2. The molecule has 160 valence electrons. The Bertz CT molecular complexity index is 1160. The molecule has 4 nitrogen and oxygen atoms in total. The molecule has 1 unspecified atom stereocenters. The summed E-state index contributed by atoms with van der Waals surface area (Å²) in [5.41, 5.74) is 2.71. The molecule has 1 heterocycles. The number of anilines is 1. The first-order valence-corrected chi connectivity index (χ1v) is 11.5. The second-order valence-electron chi connectivity index (χ2n) is 7.99. The van der Waals surface area contributed by atoms with E-state index in [4.69, 9.17) is 16.3 Å². The summed E-state index contributed by atoms with van der Waals surface area (Å²) in [4.78, 5) is 13.3. The Labute approximate surface area is 192 Å². The van der Waals surface area contributed by atoms with Gasteiger partial charge in [-0.1, -0.05) is 73.6 Å². The Morgan fingerprint density at radius 3 is 2.71 bits per heavy atom. The number of hydrogen-bond acceptors (Lipinski definition) is 4. The summed E-state index contributed by atoms with van der Waals surface area (Å²) in [5, 5.41) is 9.11. The standard InChI is InChI=1S/C25H25ClN2O2S/c1-15(2)14-30-22-11-9-17(19-6-4-5-7-20(19)22)12-23-24(29)28-25(31-23)27-21-13-18(26)10-8-16(21)3/h4-13,15,25,27H,14H2,1-3H3,(H,28,29)/b23-12-. The van der Waals surface area contributed by atoms with Gasteiger partial charge >= 0.3 is 0 Å². The number of benzene rings is 3. The molecule has 1 atom stereocenters. The second-order valence-corrected chi connectivity index (χ2v) is 9.57. The maximum atomic E-state index is 12.6. The van der Waals surface area contributed by atoms with E-state index < -0.39 is 0 Å². The lowest BCUT2D eigenvalue weighted by molar-refractivity contribution is -0.116. The number of rotatable bonds is 6. The highest BCUT2D eigenvalue weighted by Gasteiger charge is 2.27. The Morgan fingerprint density at radius 1 is 1.16 bits per heavy atom. The molecule has 0 saturated carbocycles. The van der Waals surface area contributed by atoms with Crippen LogP contribution in [0, 0.1) is 12.8 Å². The van der Waals surface area contributed by atoms with Crippen LogP contribution >= 0.6 is 23.4 Å². The minimum absolute atomic E-state index is 0.0913. The van der Waals surface area contributed by atoms with Crippen molar-refractivity contribution < 1.29 is 9.53 Å². The van der Waals surface area contributed by atoms with Gasteiger partial charge in [-0.25, -0.2) is 0 Å². The van der Waals surface area contributed by atoms with Gasteiger partial charge in [0.05, 0.1) is 11.5 Å². The maximum absolute atomic E-state index is 12.6. The molecule has 3 aromatic carbocycles. The van der Waals surface area contributed by atoms with Crippen LogP contribution in [-0.4, -0.2) is 18.0 Å². The van der Waals surface area contributed by atoms with Gasteiger partial charge in [-0.3, -0.25) is 4.79 Å². The van der Waals surface area contributed by atoms with Gasteiger partial charge < -0.3 is 15.4 Å². The zero-order chi connectivity index (χ0) is 22.0. The van der Waals surface area contributed by atoms with Gasteiger partial charge in [-0.15, -0.1) is 0 Å². The van der Waals surface area contributed by atoms with Crippen molar-refractivity contribution in [3.05, 3.63) is 75.7 Å². The lowest BCUT2D eigenvalue weighted by atomic mass is 10.0. The molecule has 2 N–H and O–H groups in total. The van der Waals surface area contributed by atoms with Crippen LogP contribution in [0.5, 0.6) is 5.75 Å². The molecule has 1 aliphatic rings. The van der Waals surface area contributed by atoms with E-state index in [9.17, 15) is 4.79 Å². The molecule has 0 spiro atoms. The van der Waals surface area contributed by atoms with E-state index in [1.54, 1.807) is 0 Å². The van der Waals surface area contributed by atoms with Gasteiger partial charge in [0.2, 0.25) is 0 Å². The highest BCUT2D eigenvalue weighted by molar-refractivity contribution is 8.05. The third kappa shape index (κ3) is 5.00. The third-order valence-electron chi connectivity index (χ3n) is 4.99. The molecule has 0 aliphatic carbocycles. The van der Waals surface area contributed by atoms with E-state index in [1.807, 2.05) is 55.5 Å². The number of carbonyl (C=O) groups excluding carboxylic acids is 1. The van der Waals surface area contributed by atoms with Crippen molar-refractivity contribution in [2.24, 2.45) is 5.92 Å². The molecule has 0 aromatic heterocycles. The molecule has 0 radical (unpaired) electrons. The summed E-state index contributed by atoms with van der Waals surface area (Å²) in [5.74, 6) is 1.23. The number of aryl methyl sites for hydroxylation is 1. The Balaban J connectivity index is 1.59. The summed E-state index contributed by atoms with van der Waals surface area (Å²) in [7, 11) is 0. The van der Waals surface area contributed by atoms with E-state index in [1.165, 1.54) is 11.8 Å². The Kier molecular flexibility index (Phi) is 6.44. The Morgan fingerprint density at radius 2 is 1.94 bits per heavy atom. The van der Waals surface area contributed by atoms with Gasteiger partial charge in [-0.2, -0.15) is 0 Å². The second kappa shape index (κ2) is 9.25. The van der Waals surface area contributed by atoms with Crippen molar-refractivity contribution >= 4 is 51.8 Å². The fourth-order valence-electron chi connectivity index (χ4n) is 3.40. The fourth-order valence-corrected chi connectivity index (χ4v) is 4.54. The van der Waals surface area contributed by atoms with Crippen molar-refractivity contribution in [1.29, 1.82) is 0 Å². The van der Waals surface area contributed by atoms with Gasteiger partial charge in [0.1, 0.15) is 5.75 Å². The van der Waals surface area contributed by atoms with Crippen LogP contribution in [0.15, 0.2) is 59.5 Å². The van der Waals surface area contributed by atoms with Crippen LogP contribution in [0.4, 0.5) is 5.69 Å². The summed E-state index contributed by atoms with van der Waals surface area (Å²) in [6.45, 7) is 6.93. The van der Waals surface area contributed by atoms with Crippen molar-refractivity contribution in [2.45, 2.75) is 26.3 Å². The van der Waals surface area contributed by atoms with Crippen LogP contribution in [0.2, 0.25) is 5.02 Å². The monoisotopic (exact) mass is 452 g/mol. The fraction of sp³-hybridized carbons (Fsp3) is 0.240. The first kappa shape index (κ1) is 21.6. The number of halogens is 1. The van der Waals surface area contributed by atoms with Crippen molar-refractivity contribution in [1.82, 2.24) is 5.32 Å². The van der Waals surface area contributed by atoms with Crippen molar-refractivity contribution in [3.8, 4) is 5.75 Å². The molecule has 0 bridgehead atoms. The molecule has 31 heavy (non-hydrogen) atoms. The lowest BCUT2D eigenvalue weighted by Crippen LogP contribution is -2.31. The van der Waals surface area contributed by atoms with Crippen molar-refractivity contribution in [3.63, 3.8) is 0 Å². The minimum Gasteiger partial charge on any atom is -0.493 e. The van der Waals surface area contributed by atoms with Crippen molar-refractivity contribution in [2.75, 3.05) is 11.9 Å². The maximum Gasteiger partial charge on any atom is 0.260 e. The number of ether oxygens (including phenoxy) is 1. The highest BCUT2D eigenvalue weighted by Crippen LogP contribution is 2.35. The van der Waals surface area contributed by atoms with E-state index >= 15 is 0 Å². The van der Waals surface area contributed by atoms with E-state index in [-0.39, 0.29) is 11.4 Å². The molecule has 6 heteroatoms. The quantitative estimate of drug-likeness (QED) is 0.423. The van der Waals surface area contributed by atoms with Crippen LogP contribution in [0.1, 0.15) is 25.0 Å². The topological polar surface area (TPSA) is 50.4 Å². The Hall–Kier alpha value is -2.63. The number of nitrogens with one attached hydrogen (secondary N) is 2. The summed E-state index contributed by atoms with van der Waals surface area (Å²) >= 11 is 7.58. The van der Waals surface area contributed by atoms with E-state index in [0.717, 1.165) is 33.3 Å². The van der Waals surface area contributed by atoms with E-state index in [2.05, 4.69) is 36.6 Å². The summed E-state index contributed by atoms with van der Waals surface area (Å²) in [6.07, 6.45) is 1.95. The van der Waals surface area contributed by atoms with Gasteiger partial charge in [0.25, 0.3) is 5.91 Å². The predicted molar refractivity (Wildman–Crippen MR) is 132 cm³/mol. The molecular formula is C25H25ClN2O2S. The normalized spacial score (nSPS) is 17.4. The molecule has 3 aromatic rings. The van der Waals surface area contributed by atoms with Crippen LogP contribution in [0.25, 0.3) is 16.8 Å². The van der Waals surface area contributed by atoms with E-state index in [0.29, 0.717) is 22.5 Å². The SMILES string of the molecule is Cc1ccc(Cl)cc1NC1NC(=O)/C(=C/c2ccc(OCC(C)C)c3ccccc23)S1. The average Bonchev–Trinajstić information content (AvgIpc) is 3.08. The van der Waals surface area contributed by atoms with Crippen LogP contribution < -0.4 is 15.4 Å². The van der Waals surface area contributed by atoms with Gasteiger partial charge in [-0.05, 0) is 53.6 Å². The van der Waals surface area contributed by atoms with Crippen LogP contribution in [0.3, 0.4) is 0 Å². The number of fused-ring (bicyclic) bond motifs is 1. The molecular weight excluding hydrogens is 428 g/mol. The zero-order valence-corrected chi connectivity index (χ0v) is 19.3. The average molecular weight is 453 g/mol. The lowest BCUT2D eigenvalue weighted by Gasteiger charge is -2.15. The molecule has 4 rings (SSSR count). The number of amides is 1. The first-order chi connectivity index (χ1) is 14.9. The molecule has 1 saturated heterocycles. The molecule has 1 aliphatic heterocycles. The number of carbonyl (C=O) groups is 1. The summed E-state index contributed by atoms with van der Waals surface area (Å²) in [6, 6.07) is 17.8. The summed E-state index contributed by atoms with van der Waals surface area (Å²) < 4.78 is 6.01. The smallest absolute Gasteiger partial charge is 0.260 e. The zero-order valence-electron chi connectivity index (χ0n) is 17.7. The van der Waals surface area contributed by atoms with Crippen LogP contribution in [-0.2, 0) is 4.79 Å². The predicted octanol–water partition coefficient (Wildman–Crippen LogP) is 6.44. The largest absolute Gasteiger partial charge is 0.493 e. The minimum atomic E-state index is -0.254. The highest BCUT2D eigenvalue weighted by atomic mass is 35.5.